The number of para-hydroxylation sites is 1. The van der Waals surface area contributed by atoms with Crippen LogP contribution in [0.2, 0.25) is 0 Å². The number of thiocarbonyl (C=S) groups is 1. The van der Waals surface area contributed by atoms with Crippen molar-refractivity contribution in [3.05, 3.63) is 29.8 Å². The summed E-state index contributed by atoms with van der Waals surface area (Å²) in [5.74, 6) is -0.820. The highest BCUT2D eigenvalue weighted by Gasteiger charge is 2.34. The van der Waals surface area contributed by atoms with Crippen LogP contribution in [0.3, 0.4) is 0 Å². The van der Waals surface area contributed by atoms with Crippen LogP contribution in [0.25, 0.3) is 0 Å². The van der Waals surface area contributed by atoms with Crippen molar-refractivity contribution in [2.24, 2.45) is 0 Å². The molecule has 0 radical (unpaired) electrons. The molecular weight excluding hydrogens is 530 g/mol. The summed E-state index contributed by atoms with van der Waals surface area (Å²) in [4.78, 5) is 39.7. The Morgan fingerprint density at radius 3 is 2.35 bits per heavy atom. The van der Waals surface area contributed by atoms with E-state index in [1.807, 2.05) is 6.92 Å². The van der Waals surface area contributed by atoms with Crippen molar-refractivity contribution in [2.45, 2.75) is 90.5 Å². The summed E-state index contributed by atoms with van der Waals surface area (Å²) in [6.07, 6.45) is 11.8. The zero-order valence-corrected chi connectivity index (χ0v) is 25.0. The lowest BCUT2D eigenvalue weighted by Crippen LogP contribution is -2.60. The standard InChI is InChI=1S/C30H47N3O6S/c1-3-5-6-7-8-9-10-11-12-15-20-39-27(34)23-25-29(36)31-18-19-33(25)30(40)32-28(35)24-16-13-14-17-26(24)38-22-21-37-4-2/h13-14,16-17,25H,3-12,15,18-23H2,1-2H3,(H,31,36)(H,32,35,40). The Labute approximate surface area is 244 Å². The number of rotatable bonds is 19. The molecule has 2 N–H and O–H groups in total. The lowest BCUT2D eigenvalue weighted by molar-refractivity contribution is -0.147. The number of nitrogens with one attached hydrogen (secondary N) is 2. The fourth-order valence-corrected chi connectivity index (χ4v) is 4.84. The third-order valence-corrected chi connectivity index (χ3v) is 7.09. The lowest BCUT2D eigenvalue weighted by Gasteiger charge is -2.36. The first-order valence-electron chi connectivity index (χ1n) is 14.8. The summed E-state index contributed by atoms with van der Waals surface area (Å²) >= 11 is 5.49. The van der Waals surface area contributed by atoms with E-state index in [0.717, 1.165) is 19.3 Å². The molecule has 10 heteroatoms. The summed E-state index contributed by atoms with van der Waals surface area (Å²) in [7, 11) is 0. The molecule has 1 atom stereocenters. The van der Waals surface area contributed by atoms with Gasteiger partial charge in [-0.15, -0.1) is 0 Å². The van der Waals surface area contributed by atoms with Gasteiger partial charge in [0.25, 0.3) is 5.91 Å². The van der Waals surface area contributed by atoms with E-state index >= 15 is 0 Å². The van der Waals surface area contributed by atoms with Gasteiger partial charge in [-0.2, -0.15) is 0 Å². The monoisotopic (exact) mass is 577 g/mol. The smallest absolute Gasteiger partial charge is 0.308 e. The second kappa shape index (κ2) is 20.2. The summed E-state index contributed by atoms with van der Waals surface area (Å²) in [6.45, 7) is 6.48. The molecule has 1 aromatic carbocycles. The van der Waals surface area contributed by atoms with E-state index in [9.17, 15) is 14.4 Å². The Morgan fingerprint density at radius 1 is 0.975 bits per heavy atom. The fourth-order valence-electron chi connectivity index (χ4n) is 4.52. The van der Waals surface area contributed by atoms with Crippen molar-refractivity contribution >= 4 is 35.1 Å². The van der Waals surface area contributed by atoms with E-state index in [-0.39, 0.29) is 17.4 Å². The highest BCUT2D eigenvalue weighted by atomic mass is 32.1. The van der Waals surface area contributed by atoms with Gasteiger partial charge in [0.15, 0.2) is 5.11 Å². The summed E-state index contributed by atoms with van der Waals surface area (Å²) in [6, 6.07) is 6.00. The van der Waals surface area contributed by atoms with Crippen molar-refractivity contribution in [1.82, 2.24) is 15.5 Å². The number of piperazine rings is 1. The van der Waals surface area contributed by atoms with E-state index in [1.54, 1.807) is 29.2 Å². The quantitative estimate of drug-likeness (QED) is 0.138. The first-order valence-corrected chi connectivity index (χ1v) is 15.2. The Hall–Kier alpha value is -2.72. The van der Waals surface area contributed by atoms with Crippen molar-refractivity contribution in [3.63, 3.8) is 0 Å². The number of ether oxygens (including phenoxy) is 3. The molecule has 224 valence electrons. The second-order valence-electron chi connectivity index (χ2n) is 9.91. The normalized spacial score (nSPS) is 14.9. The van der Waals surface area contributed by atoms with Gasteiger partial charge in [0.2, 0.25) is 5.91 Å². The molecule has 2 amide bonds. The van der Waals surface area contributed by atoms with Gasteiger partial charge in [0.05, 0.1) is 25.2 Å². The predicted octanol–water partition coefficient (Wildman–Crippen LogP) is 4.77. The van der Waals surface area contributed by atoms with Crippen LogP contribution < -0.4 is 15.4 Å². The maximum absolute atomic E-state index is 13.0. The third-order valence-electron chi connectivity index (χ3n) is 6.75. The van der Waals surface area contributed by atoms with Gasteiger partial charge >= 0.3 is 5.97 Å². The third kappa shape index (κ3) is 12.6. The molecule has 40 heavy (non-hydrogen) atoms. The molecule has 1 aliphatic heterocycles. The van der Waals surface area contributed by atoms with Crippen LogP contribution in [-0.2, 0) is 19.1 Å². The molecule has 0 spiro atoms. The second-order valence-corrected chi connectivity index (χ2v) is 10.3. The number of amides is 2. The average Bonchev–Trinajstić information content (AvgIpc) is 2.95. The number of esters is 1. The number of hydrogen-bond donors (Lipinski definition) is 2. The first kappa shape index (κ1) is 33.5. The molecule has 2 rings (SSSR count). The van der Waals surface area contributed by atoms with Crippen molar-refractivity contribution in [1.29, 1.82) is 0 Å². The van der Waals surface area contributed by atoms with Gasteiger partial charge in [0, 0.05) is 19.7 Å². The molecule has 1 aliphatic rings. The number of nitrogens with zero attached hydrogens (tertiary/aromatic N) is 1. The molecule has 0 aliphatic carbocycles. The largest absolute Gasteiger partial charge is 0.490 e. The van der Waals surface area contributed by atoms with Gasteiger partial charge in [0.1, 0.15) is 18.4 Å². The highest BCUT2D eigenvalue weighted by Crippen LogP contribution is 2.19. The topological polar surface area (TPSA) is 106 Å². The van der Waals surface area contributed by atoms with Gasteiger partial charge in [-0.05, 0) is 37.7 Å². The van der Waals surface area contributed by atoms with Crippen LogP contribution in [0.15, 0.2) is 24.3 Å². The van der Waals surface area contributed by atoms with Gasteiger partial charge in [-0.25, -0.2) is 0 Å². The number of unbranched alkanes of at least 4 members (excludes halogenated alkanes) is 9. The average molecular weight is 578 g/mol. The summed E-state index contributed by atoms with van der Waals surface area (Å²) in [5.41, 5.74) is 0.315. The number of hydrogen-bond acceptors (Lipinski definition) is 7. The molecule has 1 unspecified atom stereocenters. The van der Waals surface area contributed by atoms with Crippen molar-refractivity contribution < 1.29 is 28.6 Å². The van der Waals surface area contributed by atoms with Crippen molar-refractivity contribution in [2.75, 3.05) is 39.5 Å². The molecule has 1 fully saturated rings. The maximum atomic E-state index is 13.0. The lowest BCUT2D eigenvalue weighted by atomic mass is 10.1. The SMILES string of the molecule is CCCCCCCCCCCCOC(=O)CC1C(=O)NCCN1C(=S)NC(=O)c1ccccc1OCCOCC. The molecular formula is C30H47N3O6S. The Bertz CT molecular complexity index is 928. The maximum Gasteiger partial charge on any atom is 0.308 e. The van der Waals surface area contributed by atoms with E-state index in [0.29, 0.717) is 50.8 Å². The molecule has 1 heterocycles. The predicted molar refractivity (Wildman–Crippen MR) is 159 cm³/mol. The molecule has 1 aromatic rings. The minimum Gasteiger partial charge on any atom is -0.490 e. The van der Waals surface area contributed by atoms with Gasteiger partial charge in [-0.1, -0.05) is 76.8 Å². The van der Waals surface area contributed by atoms with E-state index in [4.69, 9.17) is 26.4 Å². The van der Waals surface area contributed by atoms with E-state index < -0.39 is 17.9 Å². The van der Waals surface area contributed by atoms with Crippen LogP contribution >= 0.6 is 12.2 Å². The van der Waals surface area contributed by atoms with Crippen molar-refractivity contribution in [3.8, 4) is 5.75 Å². The minimum absolute atomic E-state index is 0.0801. The van der Waals surface area contributed by atoms with E-state index in [1.165, 1.54) is 44.9 Å². The van der Waals surface area contributed by atoms with Crippen LogP contribution in [-0.4, -0.2) is 73.4 Å². The van der Waals surface area contributed by atoms with Gasteiger partial charge in [-0.3, -0.25) is 19.7 Å². The molecule has 9 nitrogen and oxygen atoms in total. The van der Waals surface area contributed by atoms with E-state index in [2.05, 4.69) is 17.6 Å². The number of carbonyl (C=O) groups excluding carboxylic acids is 3. The Morgan fingerprint density at radius 2 is 1.65 bits per heavy atom. The zero-order valence-electron chi connectivity index (χ0n) is 24.2. The first-order chi connectivity index (χ1) is 19.5. The van der Waals surface area contributed by atoms with Crippen LogP contribution in [0, 0.1) is 0 Å². The van der Waals surface area contributed by atoms with Crippen LogP contribution in [0.4, 0.5) is 0 Å². The van der Waals surface area contributed by atoms with Gasteiger partial charge < -0.3 is 24.4 Å². The molecule has 0 aromatic heterocycles. The molecule has 0 saturated carbocycles. The summed E-state index contributed by atoms with van der Waals surface area (Å²) in [5, 5.41) is 5.55. The molecule has 1 saturated heterocycles. The molecule has 0 bridgehead atoms. The number of carbonyl (C=O) groups is 3. The minimum atomic E-state index is -0.848. The Kier molecular flexibility index (Phi) is 16.9. The van der Waals surface area contributed by atoms with Crippen LogP contribution in [0.1, 0.15) is 94.8 Å². The zero-order chi connectivity index (χ0) is 29.0. The summed E-state index contributed by atoms with van der Waals surface area (Å²) < 4.78 is 16.4. The van der Waals surface area contributed by atoms with Crippen LogP contribution in [0.5, 0.6) is 5.75 Å². The highest BCUT2D eigenvalue weighted by molar-refractivity contribution is 7.80. The Balaban J connectivity index is 1.78. The number of benzene rings is 1. The fraction of sp³-hybridized carbons (Fsp3) is 0.667.